The predicted octanol–water partition coefficient (Wildman–Crippen LogP) is 14.3. The van der Waals surface area contributed by atoms with Crippen LogP contribution in [0.5, 0.6) is 0 Å². The lowest BCUT2D eigenvalue weighted by molar-refractivity contribution is -0.870. The van der Waals surface area contributed by atoms with Crippen molar-refractivity contribution >= 4 is 13.8 Å². The molecule has 342 valence electrons. The van der Waals surface area contributed by atoms with Crippen LogP contribution in [0.25, 0.3) is 0 Å². The molecule has 0 aliphatic carbocycles. The van der Waals surface area contributed by atoms with Gasteiger partial charge in [0.1, 0.15) is 19.3 Å². The zero-order valence-electron chi connectivity index (χ0n) is 38.7. The van der Waals surface area contributed by atoms with Gasteiger partial charge in [-0.2, -0.15) is 0 Å². The number of carbonyl (C=O) groups excluding carboxylic acids is 1. The van der Waals surface area contributed by atoms with Crippen LogP contribution in [-0.2, 0) is 27.9 Å². The van der Waals surface area contributed by atoms with Crippen LogP contribution in [0.1, 0.15) is 181 Å². The summed E-state index contributed by atoms with van der Waals surface area (Å²) in [7, 11) is 1.64. The van der Waals surface area contributed by atoms with Gasteiger partial charge < -0.3 is 18.9 Å². The molecule has 0 spiro atoms. The van der Waals surface area contributed by atoms with Gasteiger partial charge in [0.05, 0.1) is 34.4 Å². The molecule has 0 aliphatic heterocycles. The molecule has 2 unspecified atom stereocenters. The van der Waals surface area contributed by atoms with Gasteiger partial charge in [-0.05, 0) is 83.5 Å². The lowest BCUT2D eigenvalue weighted by Gasteiger charge is -2.24. The highest BCUT2D eigenvalue weighted by Crippen LogP contribution is 2.43. The van der Waals surface area contributed by atoms with Crippen LogP contribution in [0.15, 0.2) is 72.9 Å². The highest BCUT2D eigenvalue weighted by atomic mass is 31.2. The number of esters is 1. The first kappa shape index (κ1) is 56.9. The lowest BCUT2D eigenvalue weighted by atomic mass is 10.1. The summed E-state index contributed by atoms with van der Waals surface area (Å²) in [5.41, 5.74) is 0. The normalized spacial score (nSPS) is 14.3. The molecule has 0 bridgehead atoms. The SMILES string of the molecule is CC/C=C\C/C=C\C/C=C\CCCCCCOCC(COP(=O)(O)OCC[N+](C)(C)C)OC(=O)CCCCCCCCCC/C=C\C/C=C\C/C=C\CCCCCCC. The van der Waals surface area contributed by atoms with Crippen LogP contribution in [-0.4, -0.2) is 75.6 Å². The average Bonchev–Trinajstić information content (AvgIpc) is 3.19. The Hall–Kier alpha value is -2.06. The summed E-state index contributed by atoms with van der Waals surface area (Å²) in [4.78, 5) is 22.9. The van der Waals surface area contributed by atoms with Gasteiger partial charge in [0, 0.05) is 13.0 Å². The first-order chi connectivity index (χ1) is 28.6. The van der Waals surface area contributed by atoms with Crippen LogP contribution in [0, 0.1) is 0 Å². The third kappa shape index (κ3) is 46.9. The van der Waals surface area contributed by atoms with Gasteiger partial charge >= 0.3 is 13.8 Å². The van der Waals surface area contributed by atoms with Gasteiger partial charge in [0.25, 0.3) is 0 Å². The van der Waals surface area contributed by atoms with Crippen molar-refractivity contribution in [2.45, 2.75) is 187 Å². The van der Waals surface area contributed by atoms with E-state index in [-0.39, 0.29) is 25.8 Å². The molecule has 59 heavy (non-hydrogen) atoms. The third-order valence-corrected chi connectivity index (χ3v) is 10.7. The first-order valence-electron chi connectivity index (χ1n) is 23.7. The standard InChI is InChI=1S/C50H90NO7P/c1-6-8-10-12-14-16-18-20-22-23-24-25-26-27-28-29-30-31-33-35-37-39-41-43-50(52)58-49(48-57-59(53,54)56-46-44-51(3,4)5)47-55-45-42-40-38-36-34-32-21-19-17-15-13-11-9-7-2/h9,11,15,17-18,20-21,23-24,26-27,32,49H,6-8,10,12-14,16,19,22,25,28-31,33-48H2,1-5H3/p+1/b11-9-,17-15-,20-18-,24-23-,27-26-,32-21-. The molecule has 0 radical (unpaired) electrons. The highest BCUT2D eigenvalue weighted by molar-refractivity contribution is 7.47. The highest BCUT2D eigenvalue weighted by Gasteiger charge is 2.26. The molecule has 0 aromatic heterocycles. The van der Waals surface area contributed by atoms with Crippen molar-refractivity contribution in [1.29, 1.82) is 0 Å². The molecule has 0 fully saturated rings. The van der Waals surface area contributed by atoms with E-state index >= 15 is 0 Å². The molecule has 2 atom stereocenters. The van der Waals surface area contributed by atoms with Gasteiger partial charge in [-0.1, -0.05) is 164 Å². The van der Waals surface area contributed by atoms with E-state index in [1.165, 1.54) is 70.6 Å². The number of unbranched alkanes of at least 4 members (excludes halogenated alkanes) is 17. The van der Waals surface area contributed by atoms with Crippen LogP contribution in [0.4, 0.5) is 0 Å². The van der Waals surface area contributed by atoms with E-state index in [0.717, 1.165) is 89.9 Å². The largest absolute Gasteiger partial charge is 0.472 e. The van der Waals surface area contributed by atoms with Crippen LogP contribution >= 0.6 is 7.82 Å². The minimum atomic E-state index is -4.29. The van der Waals surface area contributed by atoms with Gasteiger partial charge in [-0.3, -0.25) is 13.8 Å². The van der Waals surface area contributed by atoms with Crippen molar-refractivity contribution in [3.05, 3.63) is 72.9 Å². The minimum absolute atomic E-state index is 0.0787. The Bertz CT molecular complexity index is 1170. The van der Waals surface area contributed by atoms with E-state index in [9.17, 15) is 14.3 Å². The number of quaternary nitrogens is 1. The number of hydrogen-bond donors (Lipinski definition) is 1. The van der Waals surface area contributed by atoms with Gasteiger partial charge in [-0.25, -0.2) is 4.57 Å². The second-order valence-corrected chi connectivity index (χ2v) is 18.2. The number of phosphoric acid groups is 1. The van der Waals surface area contributed by atoms with E-state index in [1.54, 1.807) is 0 Å². The molecule has 9 heteroatoms. The zero-order valence-corrected chi connectivity index (χ0v) is 39.6. The fourth-order valence-corrected chi connectivity index (χ4v) is 6.84. The van der Waals surface area contributed by atoms with Crippen molar-refractivity contribution in [2.24, 2.45) is 0 Å². The molecule has 0 aliphatic rings. The predicted molar refractivity (Wildman–Crippen MR) is 252 cm³/mol. The second kappa shape index (κ2) is 42.6. The second-order valence-electron chi connectivity index (χ2n) is 16.8. The van der Waals surface area contributed by atoms with E-state index < -0.39 is 13.9 Å². The van der Waals surface area contributed by atoms with Crippen LogP contribution in [0.2, 0.25) is 0 Å². The Kier molecular flexibility index (Phi) is 41.1. The van der Waals surface area contributed by atoms with Gasteiger partial charge in [0.15, 0.2) is 0 Å². The lowest BCUT2D eigenvalue weighted by Crippen LogP contribution is -2.37. The maximum Gasteiger partial charge on any atom is 0.472 e. The van der Waals surface area contributed by atoms with Gasteiger partial charge in [0.2, 0.25) is 0 Å². The zero-order chi connectivity index (χ0) is 43.4. The molecular weight excluding hydrogens is 758 g/mol. The maximum absolute atomic E-state index is 12.7. The smallest absolute Gasteiger partial charge is 0.457 e. The molecule has 0 saturated heterocycles. The Labute approximate surface area is 363 Å². The number of rotatable bonds is 43. The van der Waals surface area contributed by atoms with Crippen molar-refractivity contribution < 1.29 is 37.3 Å². The summed E-state index contributed by atoms with van der Waals surface area (Å²) >= 11 is 0. The average molecular weight is 849 g/mol. The molecule has 8 nitrogen and oxygen atoms in total. The molecule has 0 aromatic rings. The van der Waals surface area contributed by atoms with Crippen molar-refractivity contribution in [2.75, 3.05) is 54.1 Å². The van der Waals surface area contributed by atoms with E-state index in [0.29, 0.717) is 24.1 Å². The number of ether oxygens (including phenoxy) is 2. The fourth-order valence-electron chi connectivity index (χ4n) is 6.10. The maximum atomic E-state index is 12.7. The minimum Gasteiger partial charge on any atom is -0.457 e. The van der Waals surface area contributed by atoms with Gasteiger partial charge in [-0.15, -0.1) is 0 Å². The monoisotopic (exact) mass is 849 g/mol. The molecule has 1 N–H and O–H groups in total. The summed E-state index contributed by atoms with van der Waals surface area (Å²) in [6.07, 6.45) is 55.1. The number of allylic oxidation sites excluding steroid dienone is 12. The Morgan fingerprint density at radius 2 is 0.983 bits per heavy atom. The molecule has 0 aromatic carbocycles. The molecule has 0 saturated carbocycles. The Morgan fingerprint density at radius 3 is 1.47 bits per heavy atom. The van der Waals surface area contributed by atoms with Crippen molar-refractivity contribution in [1.82, 2.24) is 0 Å². The van der Waals surface area contributed by atoms with E-state index in [1.807, 2.05) is 21.1 Å². The molecule has 0 heterocycles. The Balaban J connectivity index is 4.22. The summed E-state index contributed by atoms with van der Waals surface area (Å²) in [6, 6.07) is 0. The molecule has 0 amide bonds. The van der Waals surface area contributed by atoms with Crippen LogP contribution in [0.3, 0.4) is 0 Å². The van der Waals surface area contributed by atoms with Crippen LogP contribution < -0.4 is 0 Å². The summed E-state index contributed by atoms with van der Waals surface area (Å²) in [5.74, 6) is -0.332. The number of nitrogens with zero attached hydrogens (tertiary/aromatic N) is 1. The third-order valence-electron chi connectivity index (χ3n) is 9.75. The fraction of sp³-hybridized carbons (Fsp3) is 0.740. The first-order valence-corrected chi connectivity index (χ1v) is 25.2. The Morgan fingerprint density at radius 1 is 0.542 bits per heavy atom. The molecule has 0 rings (SSSR count). The van der Waals surface area contributed by atoms with E-state index in [4.69, 9.17) is 18.5 Å². The van der Waals surface area contributed by atoms with Crippen molar-refractivity contribution in [3.63, 3.8) is 0 Å². The summed E-state index contributed by atoms with van der Waals surface area (Å²) in [5, 5.41) is 0. The summed E-state index contributed by atoms with van der Waals surface area (Å²) in [6.45, 7) is 5.42. The topological polar surface area (TPSA) is 91.3 Å². The van der Waals surface area contributed by atoms with Crippen molar-refractivity contribution in [3.8, 4) is 0 Å². The number of carbonyl (C=O) groups is 1. The molecular formula is C50H91NO7P+. The summed E-state index contributed by atoms with van der Waals surface area (Å²) < 4.78 is 35.0. The number of phosphoric ester groups is 1. The quantitative estimate of drug-likeness (QED) is 0.0215. The van der Waals surface area contributed by atoms with E-state index in [2.05, 4.69) is 86.8 Å². The number of likely N-dealkylation sites (N-methyl/N-ethyl adjacent to an activating group) is 1. The number of hydrogen-bond acceptors (Lipinski definition) is 6.